The van der Waals surface area contributed by atoms with Crippen molar-refractivity contribution < 1.29 is 4.74 Å². The van der Waals surface area contributed by atoms with Gasteiger partial charge in [0.05, 0.1) is 22.1 Å². The van der Waals surface area contributed by atoms with Gasteiger partial charge in [-0.15, -0.1) is 0 Å². The zero-order chi connectivity index (χ0) is 25.1. The first-order valence-corrected chi connectivity index (χ1v) is 13.9. The Bertz CT molecular complexity index is 1500. The van der Waals surface area contributed by atoms with Crippen LogP contribution in [-0.2, 0) is 6.61 Å². The third-order valence-electron chi connectivity index (χ3n) is 6.43. The van der Waals surface area contributed by atoms with Gasteiger partial charge in [-0.3, -0.25) is 4.79 Å². The van der Waals surface area contributed by atoms with Crippen molar-refractivity contribution in [3.05, 3.63) is 102 Å². The van der Waals surface area contributed by atoms with E-state index in [0.29, 0.717) is 22.8 Å². The number of hydrogen-bond acceptors (Lipinski definition) is 4. The van der Waals surface area contributed by atoms with Gasteiger partial charge < -0.3 is 4.74 Å². The lowest BCUT2D eigenvalue weighted by Gasteiger charge is -2.22. The van der Waals surface area contributed by atoms with Crippen molar-refractivity contribution in [1.29, 1.82) is 0 Å². The Balaban J connectivity index is 1.41. The molecule has 0 aliphatic heterocycles. The van der Waals surface area contributed by atoms with Crippen LogP contribution in [0.4, 0.5) is 0 Å². The van der Waals surface area contributed by atoms with Gasteiger partial charge in [-0.25, -0.2) is 4.98 Å². The normalized spacial score (nSPS) is 14.5. The van der Waals surface area contributed by atoms with Crippen LogP contribution in [0.1, 0.15) is 55.0 Å². The highest BCUT2D eigenvalue weighted by Crippen LogP contribution is 2.32. The third kappa shape index (κ3) is 5.58. The molecule has 8 heteroatoms. The lowest BCUT2D eigenvalue weighted by molar-refractivity contribution is 0.305. The minimum atomic E-state index is -0.149. The van der Waals surface area contributed by atoms with Crippen LogP contribution in [0.15, 0.2) is 79.5 Å². The largest absolute Gasteiger partial charge is 0.487 e. The molecule has 36 heavy (non-hydrogen) atoms. The molecular formula is C28H24Br2ClN3O2. The molecule has 184 valence electrons. The van der Waals surface area contributed by atoms with Gasteiger partial charge in [-0.05, 0) is 60.9 Å². The fourth-order valence-corrected chi connectivity index (χ4v) is 5.92. The monoisotopic (exact) mass is 627 g/mol. The van der Waals surface area contributed by atoms with Crippen molar-refractivity contribution >= 4 is 60.6 Å². The summed E-state index contributed by atoms with van der Waals surface area (Å²) in [5, 5.41) is 5.63. The molecule has 5 rings (SSSR count). The number of aromatic nitrogens is 2. The summed E-state index contributed by atoms with van der Waals surface area (Å²) in [6.45, 7) is 0.379. The number of nitrogens with zero attached hydrogens (tertiary/aromatic N) is 3. The zero-order valence-corrected chi connectivity index (χ0v) is 23.4. The van der Waals surface area contributed by atoms with Crippen LogP contribution >= 0.6 is 43.5 Å². The molecule has 0 bridgehead atoms. The summed E-state index contributed by atoms with van der Waals surface area (Å²) in [5.74, 6) is 1.54. The molecule has 3 aromatic carbocycles. The fourth-order valence-electron chi connectivity index (χ4n) is 4.51. The second kappa shape index (κ2) is 11.3. The standard InChI is InChI=1S/C28H24Br2ClN3O2/c29-21-12-11-20(23(30)15-21)17-36-26-13-10-18(14-24(26)31)16-32-34-27(19-6-2-1-3-7-19)33-25-9-5-4-8-22(25)28(34)35/h4-5,8-16,19H,1-3,6-7,17H2. The molecule has 1 aromatic heterocycles. The lowest BCUT2D eigenvalue weighted by Crippen LogP contribution is -2.25. The number of halogens is 3. The first kappa shape index (κ1) is 25.2. The maximum Gasteiger partial charge on any atom is 0.282 e. The van der Waals surface area contributed by atoms with Crippen LogP contribution in [0.25, 0.3) is 10.9 Å². The number of rotatable bonds is 6. The van der Waals surface area contributed by atoms with Crippen LogP contribution in [0.2, 0.25) is 5.02 Å². The first-order valence-electron chi connectivity index (χ1n) is 11.9. The van der Waals surface area contributed by atoms with Gasteiger partial charge in [0.15, 0.2) is 0 Å². The number of para-hydroxylation sites is 1. The van der Waals surface area contributed by atoms with Crippen molar-refractivity contribution in [3.63, 3.8) is 0 Å². The summed E-state index contributed by atoms with van der Waals surface area (Å²) < 4.78 is 9.37. The average molecular weight is 630 g/mol. The molecule has 1 fully saturated rings. The summed E-state index contributed by atoms with van der Waals surface area (Å²) in [7, 11) is 0. The van der Waals surface area contributed by atoms with Crippen LogP contribution < -0.4 is 10.3 Å². The predicted octanol–water partition coefficient (Wildman–Crippen LogP) is 8.08. The zero-order valence-electron chi connectivity index (χ0n) is 19.5. The molecular weight excluding hydrogens is 606 g/mol. The van der Waals surface area contributed by atoms with E-state index in [1.807, 2.05) is 48.5 Å². The Morgan fingerprint density at radius 1 is 1.06 bits per heavy atom. The summed E-state index contributed by atoms with van der Waals surface area (Å²) in [4.78, 5) is 18.2. The van der Waals surface area contributed by atoms with E-state index >= 15 is 0 Å². The molecule has 0 radical (unpaired) electrons. The highest BCUT2D eigenvalue weighted by molar-refractivity contribution is 9.11. The van der Waals surface area contributed by atoms with E-state index in [1.165, 1.54) is 11.1 Å². The van der Waals surface area contributed by atoms with E-state index < -0.39 is 0 Å². The summed E-state index contributed by atoms with van der Waals surface area (Å²) in [6, 6.07) is 18.9. The topological polar surface area (TPSA) is 56.5 Å². The molecule has 5 nitrogen and oxygen atoms in total. The van der Waals surface area contributed by atoms with Gasteiger partial charge in [0.25, 0.3) is 5.56 Å². The van der Waals surface area contributed by atoms with Crippen LogP contribution in [0, 0.1) is 0 Å². The summed E-state index contributed by atoms with van der Waals surface area (Å²) in [6.07, 6.45) is 7.21. The highest BCUT2D eigenvalue weighted by atomic mass is 79.9. The Morgan fingerprint density at radius 2 is 1.86 bits per heavy atom. The van der Waals surface area contributed by atoms with Gasteiger partial charge in [0.1, 0.15) is 18.2 Å². The van der Waals surface area contributed by atoms with E-state index in [0.717, 1.165) is 57.1 Å². The molecule has 1 aliphatic carbocycles. The molecule has 0 N–H and O–H groups in total. The number of ether oxygens (including phenoxy) is 1. The minimum Gasteiger partial charge on any atom is -0.487 e. The minimum absolute atomic E-state index is 0.149. The van der Waals surface area contributed by atoms with Gasteiger partial charge in [-0.1, -0.05) is 80.9 Å². The number of benzene rings is 3. The van der Waals surface area contributed by atoms with Gasteiger partial charge in [0, 0.05) is 20.4 Å². The van der Waals surface area contributed by atoms with E-state index in [9.17, 15) is 4.79 Å². The fraction of sp³-hybridized carbons (Fsp3) is 0.250. The Labute approximate surface area is 231 Å². The van der Waals surface area contributed by atoms with Gasteiger partial charge in [0.2, 0.25) is 0 Å². The van der Waals surface area contributed by atoms with E-state index in [1.54, 1.807) is 18.3 Å². The van der Waals surface area contributed by atoms with Gasteiger partial charge >= 0.3 is 0 Å². The molecule has 1 heterocycles. The Morgan fingerprint density at radius 3 is 2.64 bits per heavy atom. The molecule has 0 unspecified atom stereocenters. The maximum atomic E-state index is 13.4. The molecule has 1 saturated carbocycles. The van der Waals surface area contributed by atoms with Crippen molar-refractivity contribution in [2.45, 2.75) is 44.6 Å². The summed E-state index contributed by atoms with van der Waals surface area (Å²) >= 11 is 13.5. The second-order valence-electron chi connectivity index (χ2n) is 8.90. The van der Waals surface area contributed by atoms with Crippen molar-refractivity contribution in [3.8, 4) is 5.75 Å². The van der Waals surface area contributed by atoms with Gasteiger partial charge in [-0.2, -0.15) is 9.78 Å². The van der Waals surface area contributed by atoms with E-state index in [2.05, 4.69) is 37.0 Å². The number of fused-ring (bicyclic) bond motifs is 1. The van der Waals surface area contributed by atoms with Crippen molar-refractivity contribution in [2.75, 3.05) is 0 Å². The molecule has 0 saturated heterocycles. The summed E-state index contributed by atoms with van der Waals surface area (Å²) in [5.41, 5.74) is 2.35. The predicted molar refractivity (Wildman–Crippen MR) is 152 cm³/mol. The third-order valence-corrected chi connectivity index (χ3v) is 7.95. The highest BCUT2D eigenvalue weighted by Gasteiger charge is 2.22. The van der Waals surface area contributed by atoms with E-state index in [4.69, 9.17) is 21.3 Å². The second-order valence-corrected chi connectivity index (χ2v) is 11.1. The average Bonchev–Trinajstić information content (AvgIpc) is 2.89. The van der Waals surface area contributed by atoms with E-state index in [-0.39, 0.29) is 11.5 Å². The molecule has 4 aromatic rings. The number of hydrogen-bond donors (Lipinski definition) is 0. The Hall–Kier alpha value is -2.48. The van der Waals surface area contributed by atoms with Crippen molar-refractivity contribution in [2.24, 2.45) is 5.10 Å². The van der Waals surface area contributed by atoms with Crippen LogP contribution in [0.3, 0.4) is 0 Å². The van der Waals surface area contributed by atoms with Crippen LogP contribution in [-0.4, -0.2) is 15.9 Å². The first-order chi connectivity index (χ1) is 17.5. The molecule has 0 spiro atoms. The smallest absolute Gasteiger partial charge is 0.282 e. The maximum absolute atomic E-state index is 13.4. The quantitative estimate of drug-likeness (QED) is 0.203. The van der Waals surface area contributed by atoms with Crippen molar-refractivity contribution in [1.82, 2.24) is 9.66 Å². The lowest BCUT2D eigenvalue weighted by atomic mass is 9.88. The molecule has 0 amide bonds. The molecule has 0 atom stereocenters. The Kier molecular flexibility index (Phi) is 7.89. The SMILES string of the molecule is O=c1c2ccccc2nc(C2CCCCC2)n1N=Cc1ccc(OCc2ccc(Br)cc2Br)c(Cl)c1. The molecule has 1 aliphatic rings. The van der Waals surface area contributed by atoms with Crippen LogP contribution in [0.5, 0.6) is 5.75 Å².